The van der Waals surface area contributed by atoms with E-state index in [4.69, 9.17) is 19.2 Å². The predicted octanol–water partition coefficient (Wildman–Crippen LogP) is 6.17. The molecule has 0 spiro atoms. The monoisotopic (exact) mass is 464 g/mol. The highest BCUT2D eigenvalue weighted by Crippen LogP contribution is 2.39. The van der Waals surface area contributed by atoms with Crippen LogP contribution in [-0.4, -0.2) is 37.1 Å². The van der Waals surface area contributed by atoms with Crippen LogP contribution in [-0.2, 0) is 0 Å². The number of nitrogens with one attached hydrogen (secondary N) is 1. The van der Waals surface area contributed by atoms with Gasteiger partial charge in [0, 0.05) is 5.56 Å². The first kappa shape index (κ1) is 22.2. The minimum atomic E-state index is -0.225. The number of imidazole rings is 1. The number of ketones is 1. The van der Waals surface area contributed by atoms with Gasteiger partial charge in [-0.3, -0.25) is 4.79 Å². The third-order valence-electron chi connectivity index (χ3n) is 5.90. The summed E-state index contributed by atoms with van der Waals surface area (Å²) in [5.74, 6) is 1.50. The Kier molecular flexibility index (Phi) is 5.94. The van der Waals surface area contributed by atoms with E-state index in [0.29, 0.717) is 34.2 Å². The Morgan fingerprint density at radius 1 is 0.800 bits per heavy atom. The number of fused-ring (bicyclic) bond motifs is 2. The van der Waals surface area contributed by atoms with Gasteiger partial charge < -0.3 is 19.2 Å². The van der Waals surface area contributed by atoms with Gasteiger partial charge in [-0.05, 0) is 52.7 Å². The lowest BCUT2D eigenvalue weighted by molar-refractivity contribution is 0.105. The number of hydrogen-bond acceptors (Lipinski definition) is 5. The van der Waals surface area contributed by atoms with Crippen molar-refractivity contribution in [2.24, 2.45) is 0 Å². The zero-order valence-corrected chi connectivity index (χ0v) is 19.7. The standard InChI is InChI=1S/C29H24N2O4/c1-33-25-16-21(17-26(34-2)28(25)35-3)27(32)22(29-30-23-10-6-7-11-24(23)31-29)15-18-12-13-19-8-4-5-9-20(19)14-18/h4-17H,1-3H3,(H,30,31). The molecule has 4 aromatic carbocycles. The van der Waals surface area contributed by atoms with E-state index in [0.717, 1.165) is 27.4 Å². The second kappa shape index (κ2) is 9.35. The highest BCUT2D eigenvalue weighted by atomic mass is 16.5. The molecule has 6 nitrogen and oxygen atoms in total. The van der Waals surface area contributed by atoms with Crippen LogP contribution in [0.5, 0.6) is 17.2 Å². The molecule has 5 rings (SSSR count). The average molecular weight is 465 g/mol. The Labute approximate surface area is 202 Å². The molecule has 174 valence electrons. The molecule has 0 aliphatic rings. The van der Waals surface area contributed by atoms with Crippen molar-refractivity contribution in [3.8, 4) is 17.2 Å². The first-order valence-electron chi connectivity index (χ1n) is 11.1. The van der Waals surface area contributed by atoms with Crippen LogP contribution < -0.4 is 14.2 Å². The third kappa shape index (κ3) is 4.22. The van der Waals surface area contributed by atoms with Crippen molar-refractivity contribution in [1.82, 2.24) is 9.97 Å². The van der Waals surface area contributed by atoms with Gasteiger partial charge in [0.05, 0.1) is 37.9 Å². The molecule has 0 saturated heterocycles. The summed E-state index contributed by atoms with van der Waals surface area (Å²) < 4.78 is 16.4. The van der Waals surface area contributed by atoms with Gasteiger partial charge in [-0.25, -0.2) is 4.98 Å². The lowest BCUT2D eigenvalue weighted by Gasteiger charge is -2.14. The van der Waals surface area contributed by atoms with E-state index in [1.165, 1.54) is 21.3 Å². The van der Waals surface area contributed by atoms with Crippen molar-refractivity contribution in [3.05, 3.63) is 95.8 Å². The molecule has 1 heterocycles. The molecule has 0 radical (unpaired) electrons. The fourth-order valence-electron chi connectivity index (χ4n) is 4.15. The molecule has 35 heavy (non-hydrogen) atoms. The van der Waals surface area contributed by atoms with Crippen LogP contribution in [0.4, 0.5) is 0 Å². The Morgan fingerprint density at radius 2 is 1.49 bits per heavy atom. The molecule has 6 heteroatoms. The molecule has 0 atom stereocenters. The smallest absolute Gasteiger partial charge is 0.203 e. The van der Waals surface area contributed by atoms with Crippen molar-refractivity contribution in [3.63, 3.8) is 0 Å². The van der Waals surface area contributed by atoms with Crippen molar-refractivity contribution in [1.29, 1.82) is 0 Å². The number of hydrogen-bond donors (Lipinski definition) is 1. The molecule has 0 amide bonds. The second-order valence-electron chi connectivity index (χ2n) is 8.01. The largest absolute Gasteiger partial charge is 0.493 e. The van der Waals surface area contributed by atoms with Crippen LogP contribution in [0.15, 0.2) is 78.9 Å². The summed E-state index contributed by atoms with van der Waals surface area (Å²) in [5.41, 5.74) is 3.34. The molecule has 1 N–H and O–H groups in total. The summed E-state index contributed by atoms with van der Waals surface area (Å²) in [6, 6.07) is 25.2. The number of ether oxygens (including phenoxy) is 3. The molecule has 1 aromatic heterocycles. The van der Waals surface area contributed by atoms with Crippen LogP contribution in [0.25, 0.3) is 33.5 Å². The summed E-state index contributed by atoms with van der Waals surface area (Å²) in [6.07, 6.45) is 1.86. The SMILES string of the molecule is COc1cc(C(=O)C(=Cc2ccc3ccccc3c2)c2nc3ccccc3[nH]2)cc(OC)c1OC. The van der Waals surface area contributed by atoms with E-state index < -0.39 is 0 Å². The lowest BCUT2D eigenvalue weighted by Crippen LogP contribution is -2.06. The molecular weight excluding hydrogens is 440 g/mol. The number of H-pyrrole nitrogens is 1. The molecule has 0 saturated carbocycles. The number of aromatic amines is 1. The molecule has 0 aliphatic heterocycles. The molecule has 0 unspecified atom stereocenters. The topological polar surface area (TPSA) is 73.4 Å². The summed E-state index contributed by atoms with van der Waals surface area (Å²) >= 11 is 0. The Morgan fingerprint density at radius 3 is 2.17 bits per heavy atom. The zero-order chi connectivity index (χ0) is 24.4. The zero-order valence-electron chi connectivity index (χ0n) is 19.7. The van der Waals surface area contributed by atoms with Crippen molar-refractivity contribution < 1.29 is 19.0 Å². The van der Waals surface area contributed by atoms with Crippen molar-refractivity contribution >= 4 is 39.2 Å². The Hall–Kier alpha value is -4.58. The number of nitrogens with zero attached hydrogens (tertiary/aromatic N) is 1. The van der Waals surface area contributed by atoms with Gasteiger partial charge in [-0.2, -0.15) is 0 Å². The van der Waals surface area contributed by atoms with Crippen LogP contribution in [0.1, 0.15) is 21.7 Å². The van der Waals surface area contributed by atoms with Gasteiger partial charge >= 0.3 is 0 Å². The van der Waals surface area contributed by atoms with Crippen molar-refractivity contribution in [2.45, 2.75) is 0 Å². The molecular formula is C29H24N2O4. The maximum atomic E-state index is 13.9. The molecule has 0 bridgehead atoms. The fraction of sp³-hybridized carbons (Fsp3) is 0.103. The minimum absolute atomic E-state index is 0.225. The maximum absolute atomic E-state index is 13.9. The van der Waals surface area contributed by atoms with E-state index in [2.05, 4.69) is 23.2 Å². The average Bonchev–Trinajstić information content (AvgIpc) is 3.34. The summed E-state index contributed by atoms with van der Waals surface area (Å²) in [5, 5.41) is 2.22. The van der Waals surface area contributed by atoms with Gasteiger partial charge in [0.2, 0.25) is 5.75 Å². The van der Waals surface area contributed by atoms with E-state index >= 15 is 0 Å². The molecule has 5 aromatic rings. The predicted molar refractivity (Wildman–Crippen MR) is 138 cm³/mol. The number of rotatable bonds is 7. The summed E-state index contributed by atoms with van der Waals surface area (Å²) in [7, 11) is 4.58. The van der Waals surface area contributed by atoms with E-state index in [1.54, 1.807) is 12.1 Å². The first-order chi connectivity index (χ1) is 17.1. The summed E-state index contributed by atoms with van der Waals surface area (Å²) in [6.45, 7) is 0. The normalized spacial score (nSPS) is 11.6. The lowest BCUT2D eigenvalue weighted by atomic mass is 9.98. The quantitative estimate of drug-likeness (QED) is 0.230. The maximum Gasteiger partial charge on any atom is 0.203 e. The van der Waals surface area contributed by atoms with Gasteiger partial charge in [0.1, 0.15) is 5.82 Å². The number of carbonyl (C=O) groups is 1. The van der Waals surface area contributed by atoms with E-state index in [-0.39, 0.29) is 5.78 Å². The minimum Gasteiger partial charge on any atom is -0.493 e. The number of benzene rings is 4. The van der Waals surface area contributed by atoms with Crippen LogP contribution >= 0.6 is 0 Å². The number of methoxy groups -OCH3 is 3. The van der Waals surface area contributed by atoms with Gasteiger partial charge in [0.15, 0.2) is 17.3 Å². The fourth-order valence-corrected chi connectivity index (χ4v) is 4.15. The van der Waals surface area contributed by atoms with Gasteiger partial charge in [0.25, 0.3) is 0 Å². The highest BCUT2D eigenvalue weighted by molar-refractivity contribution is 6.32. The number of aromatic nitrogens is 2. The Balaban J connectivity index is 1.69. The number of para-hydroxylation sites is 2. The van der Waals surface area contributed by atoms with Crippen LogP contribution in [0, 0.1) is 0 Å². The van der Waals surface area contributed by atoms with Gasteiger partial charge in [-0.1, -0.05) is 48.5 Å². The molecule has 0 aliphatic carbocycles. The highest BCUT2D eigenvalue weighted by Gasteiger charge is 2.22. The van der Waals surface area contributed by atoms with Crippen molar-refractivity contribution in [2.75, 3.05) is 21.3 Å². The second-order valence-corrected chi connectivity index (χ2v) is 8.01. The third-order valence-corrected chi connectivity index (χ3v) is 5.90. The number of carbonyl (C=O) groups excluding carboxylic acids is 1. The van der Waals surface area contributed by atoms with Gasteiger partial charge in [-0.15, -0.1) is 0 Å². The van der Waals surface area contributed by atoms with Crippen LogP contribution in [0.3, 0.4) is 0 Å². The molecule has 0 fully saturated rings. The first-order valence-corrected chi connectivity index (χ1v) is 11.1. The summed E-state index contributed by atoms with van der Waals surface area (Å²) in [4.78, 5) is 21.9. The Bertz CT molecular complexity index is 1520. The van der Waals surface area contributed by atoms with E-state index in [1.807, 2.05) is 54.6 Å². The number of Topliss-reactive ketones (excluding diaryl/α,β-unsaturated/α-hetero) is 1. The van der Waals surface area contributed by atoms with Crippen LogP contribution in [0.2, 0.25) is 0 Å². The number of allylic oxidation sites excluding steroid dienone is 1. The van der Waals surface area contributed by atoms with E-state index in [9.17, 15) is 4.79 Å².